The first-order valence-corrected chi connectivity index (χ1v) is 13.0. The number of hydrogen-bond acceptors (Lipinski definition) is 9. The van der Waals surface area contributed by atoms with Crippen LogP contribution in [0.3, 0.4) is 0 Å². The minimum absolute atomic E-state index is 0.0801. The highest BCUT2D eigenvalue weighted by molar-refractivity contribution is 6.22. The third kappa shape index (κ3) is 4.27. The number of phenolic OH excluding ortho intramolecular Hbond substituents is 1. The maximum atomic E-state index is 15.2. The van der Waals surface area contributed by atoms with Gasteiger partial charge in [-0.05, 0) is 44.1 Å². The molecule has 0 saturated heterocycles. The number of aliphatic hydroxyl groups is 3. The number of halogens is 1. The molecular weight excluding hydrogens is 513 g/mol. The van der Waals surface area contributed by atoms with Crippen molar-refractivity contribution in [3.8, 4) is 5.75 Å². The first-order valence-electron chi connectivity index (χ1n) is 13.0. The van der Waals surface area contributed by atoms with Crippen LogP contribution in [0.4, 0.5) is 10.1 Å². The molecule has 0 aromatic heterocycles. The van der Waals surface area contributed by atoms with Crippen LogP contribution in [0.5, 0.6) is 5.75 Å². The van der Waals surface area contributed by atoms with Gasteiger partial charge in [0.1, 0.15) is 22.9 Å². The quantitative estimate of drug-likeness (QED) is 0.204. The molecule has 2 fully saturated rings. The van der Waals surface area contributed by atoms with Gasteiger partial charge in [-0.2, -0.15) is 0 Å². The summed E-state index contributed by atoms with van der Waals surface area (Å²) in [5.41, 5.74) is 0.354. The van der Waals surface area contributed by atoms with E-state index in [1.54, 1.807) is 0 Å². The molecule has 11 nitrogen and oxygen atoms in total. The highest BCUT2D eigenvalue weighted by atomic mass is 19.1. The lowest BCUT2D eigenvalue weighted by atomic mass is 9.59. The van der Waals surface area contributed by atoms with Gasteiger partial charge in [0, 0.05) is 29.5 Å². The number of carbonyl (C=O) groups excluding carboxylic acids is 4. The van der Waals surface area contributed by atoms with Crippen LogP contribution >= 0.6 is 0 Å². The predicted molar refractivity (Wildman–Crippen MR) is 135 cm³/mol. The fraction of sp³-hybridized carbons (Fsp3) is 0.481. The van der Waals surface area contributed by atoms with Crippen LogP contribution in [0.15, 0.2) is 23.0 Å². The highest BCUT2D eigenvalue weighted by Crippen LogP contribution is 2.53. The van der Waals surface area contributed by atoms with Gasteiger partial charge in [0.25, 0.3) is 5.91 Å². The number of carbonyl (C=O) groups is 4. The van der Waals surface area contributed by atoms with Crippen molar-refractivity contribution in [2.75, 3.05) is 18.4 Å². The van der Waals surface area contributed by atoms with Gasteiger partial charge in [0.2, 0.25) is 11.7 Å². The molecule has 0 radical (unpaired) electrons. The van der Waals surface area contributed by atoms with Gasteiger partial charge in [0.15, 0.2) is 17.1 Å². The lowest BCUT2D eigenvalue weighted by Crippen LogP contribution is -2.58. The molecule has 0 aliphatic heterocycles. The van der Waals surface area contributed by atoms with E-state index in [0.29, 0.717) is 12.5 Å². The number of rotatable bonds is 6. The summed E-state index contributed by atoms with van der Waals surface area (Å²) in [7, 11) is 0. The molecular formula is C27H30FN3O8. The molecule has 0 heterocycles. The molecule has 2 saturated carbocycles. The molecule has 5 rings (SSSR count). The number of hydrogen-bond donors (Lipinski definition) is 7. The van der Waals surface area contributed by atoms with Crippen molar-refractivity contribution in [1.82, 2.24) is 5.32 Å². The Labute approximate surface area is 222 Å². The summed E-state index contributed by atoms with van der Waals surface area (Å²) < 4.78 is 15.2. The van der Waals surface area contributed by atoms with E-state index in [0.717, 1.165) is 31.7 Å². The Morgan fingerprint density at radius 3 is 2.49 bits per heavy atom. The second-order valence-electron chi connectivity index (χ2n) is 10.8. The van der Waals surface area contributed by atoms with Gasteiger partial charge in [-0.25, -0.2) is 4.39 Å². The maximum absolute atomic E-state index is 15.2. The van der Waals surface area contributed by atoms with E-state index >= 15 is 4.39 Å². The molecule has 8 N–H and O–H groups in total. The van der Waals surface area contributed by atoms with Gasteiger partial charge in [-0.15, -0.1) is 0 Å². The summed E-state index contributed by atoms with van der Waals surface area (Å²) >= 11 is 0. The topological polar surface area (TPSA) is 199 Å². The Morgan fingerprint density at radius 2 is 1.82 bits per heavy atom. The van der Waals surface area contributed by atoms with E-state index < -0.39 is 81.5 Å². The average molecular weight is 544 g/mol. The van der Waals surface area contributed by atoms with Crippen LogP contribution in [0.25, 0.3) is 5.76 Å². The van der Waals surface area contributed by atoms with E-state index in [2.05, 4.69) is 10.6 Å². The van der Waals surface area contributed by atoms with Gasteiger partial charge in [-0.3, -0.25) is 19.2 Å². The summed E-state index contributed by atoms with van der Waals surface area (Å²) in [6, 6.07) is 0.931. The Morgan fingerprint density at radius 1 is 1.13 bits per heavy atom. The van der Waals surface area contributed by atoms with Gasteiger partial charge in [-0.1, -0.05) is 12.8 Å². The normalized spacial score (nSPS) is 26.8. The van der Waals surface area contributed by atoms with E-state index in [9.17, 15) is 39.6 Å². The third-order valence-electron chi connectivity index (χ3n) is 8.48. The number of Topliss-reactive ketones (excluding diaryl/α,β-unsaturated/α-hetero) is 2. The summed E-state index contributed by atoms with van der Waals surface area (Å²) in [5, 5.41) is 49.4. The van der Waals surface area contributed by atoms with Crippen LogP contribution in [0, 0.1) is 23.6 Å². The largest absolute Gasteiger partial charge is 0.508 e. The first kappa shape index (κ1) is 26.8. The zero-order valence-electron chi connectivity index (χ0n) is 21.1. The smallest absolute Gasteiger partial charge is 0.255 e. The third-order valence-corrected chi connectivity index (χ3v) is 8.48. The number of anilines is 1. The summed E-state index contributed by atoms with van der Waals surface area (Å²) in [6.07, 6.45) is 3.75. The molecule has 208 valence electrons. The molecule has 0 bridgehead atoms. The van der Waals surface area contributed by atoms with Crippen molar-refractivity contribution in [3.05, 3.63) is 39.9 Å². The zero-order chi connectivity index (χ0) is 28.2. The van der Waals surface area contributed by atoms with Crippen LogP contribution < -0.4 is 16.4 Å². The van der Waals surface area contributed by atoms with Crippen LogP contribution in [0.2, 0.25) is 0 Å². The predicted octanol–water partition coefficient (Wildman–Crippen LogP) is 1.28. The molecule has 1 unspecified atom stereocenters. The van der Waals surface area contributed by atoms with Crippen molar-refractivity contribution in [3.63, 3.8) is 0 Å². The van der Waals surface area contributed by atoms with E-state index in [1.807, 2.05) is 0 Å². The van der Waals surface area contributed by atoms with Gasteiger partial charge < -0.3 is 36.8 Å². The van der Waals surface area contributed by atoms with Crippen LogP contribution in [0.1, 0.15) is 49.7 Å². The Kier molecular flexibility index (Phi) is 6.71. The van der Waals surface area contributed by atoms with E-state index in [1.165, 1.54) is 0 Å². The van der Waals surface area contributed by atoms with Crippen molar-refractivity contribution in [2.45, 2.75) is 50.5 Å². The number of ketones is 2. The summed E-state index contributed by atoms with van der Waals surface area (Å²) in [4.78, 5) is 50.1. The number of phenols is 1. The molecule has 12 heteroatoms. The lowest BCUT2D eigenvalue weighted by molar-refractivity contribution is -0.147. The summed E-state index contributed by atoms with van der Waals surface area (Å²) in [6.45, 7) is 0.575. The second kappa shape index (κ2) is 9.76. The fourth-order valence-corrected chi connectivity index (χ4v) is 6.54. The first-order chi connectivity index (χ1) is 18.4. The SMILES string of the molecule is NC(=O)C1=C(O)[C@@]2(O)C(=O)C3=C(O)c4c(O)c(NC(=O)CNCC5CCCC5)cc(F)c4CC3C[C@H]2CC1=O. The van der Waals surface area contributed by atoms with Gasteiger partial charge in [0.05, 0.1) is 17.8 Å². The Balaban J connectivity index is 1.47. The number of amides is 2. The molecule has 1 aromatic rings. The Bertz CT molecular complexity index is 1360. The standard InChI is InChI=1S/C27H30FN3O8/c28-15-8-16(31-18(33)10-30-9-11-3-1-2-4-11)22(34)20-14(15)6-12-5-13-7-17(32)21(26(29)38)25(37)27(13,39)24(36)19(12)23(20)35/h8,11-13,30,34-35,37,39H,1-7,9-10H2,(H2,29,38)(H,31,33)/t12?,13-,27-/m0/s1. The molecule has 1 aromatic carbocycles. The zero-order valence-corrected chi connectivity index (χ0v) is 21.1. The number of benzene rings is 1. The number of nitrogens with one attached hydrogen (secondary N) is 2. The van der Waals surface area contributed by atoms with Crippen molar-refractivity contribution in [2.24, 2.45) is 23.5 Å². The molecule has 2 amide bonds. The highest BCUT2D eigenvalue weighted by Gasteiger charge is 2.60. The Hall–Kier alpha value is -3.77. The minimum atomic E-state index is -2.71. The number of fused-ring (bicyclic) bond motifs is 3. The second-order valence-corrected chi connectivity index (χ2v) is 10.8. The minimum Gasteiger partial charge on any atom is -0.508 e. The molecule has 39 heavy (non-hydrogen) atoms. The maximum Gasteiger partial charge on any atom is 0.255 e. The monoisotopic (exact) mass is 543 g/mol. The number of nitrogens with two attached hydrogens (primary N) is 1. The summed E-state index contributed by atoms with van der Waals surface area (Å²) in [5.74, 6) is -8.90. The average Bonchev–Trinajstić information content (AvgIpc) is 3.38. The van der Waals surface area contributed by atoms with Crippen LogP contribution in [-0.2, 0) is 25.6 Å². The number of primary amides is 1. The number of aromatic hydroxyl groups is 1. The fourth-order valence-electron chi connectivity index (χ4n) is 6.54. The van der Waals surface area contributed by atoms with Gasteiger partial charge >= 0.3 is 0 Å². The molecule has 4 aliphatic rings. The van der Waals surface area contributed by atoms with E-state index in [4.69, 9.17) is 5.73 Å². The van der Waals surface area contributed by atoms with Crippen LogP contribution in [-0.4, -0.2) is 62.5 Å². The molecule has 4 aliphatic carbocycles. The van der Waals surface area contributed by atoms with Crippen molar-refractivity contribution < 1.29 is 44.0 Å². The molecule has 0 spiro atoms. The number of aliphatic hydroxyl groups excluding tert-OH is 2. The molecule has 3 atom stereocenters. The lowest BCUT2D eigenvalue weighted by Gasteiger charge is -2.46. The van der Waals surface area contributed by atoms with Crippen molar-refractivity contribution >= 4 is 34.8 Å². The van der Waals surface area contributed by atoms with E-state index in [-0.39, 0.29) is 36.2 Å². The van der Waals surface area contributed by atoms with Crippen molar-refractivity contribution in [1.29, 1.82) is 0 Å².